The zero-order valence-corrected chi connectivity index (χ0v) is 9.30. The maximum Gasteiger partial charge on any atom is 0.0942 e. The fraction of sp³-hybridized carbons (Fsp3) is 0.500. The zero-order valence-electron chi connectivity index (χ0n) is 9.30. The van der Waals surface area contributed by atoms with Gasteiger partial charge in [-0.2, -0.15) is 0 Å². The molecular formula is C12H19NO2. The van der Waals surface area contributed by atoms with Crippen molar-refractivity contribution < 1.29 is 10.2 Å². The fourth-order valence-corrected chi connectivity index (χ4v) is 1.53. The molecule has 0 saturated heterocycles. The average Bonchev–Trinajstić information content (AvgIpc) is 2.28. The molecule has 3 heteroatoms. The Hall–Kier alpha value is -0.900. The molecule has 0 radical (unpaired) electrons. The SMILES string of the molecule is CC([C@@H](O)c1ccccc1)N(C)CCO. The summed E-state index contributed by atoms with van der Waals surface area (Å²) in [6.45, 7) is 2.64. The fourth-order valence-electron chi connectivity index (χ4n) is 1.53. The van der Waals surface area contributed by atoms with Gasteiger partial charge in [0.2, 0.25) is 0 Å². The van der Waals surface area contributed by atoms with Gasteiger partial charge in [-0.25, -0.2) is 0 Å². The minimum absolute atomic E-state index is 0.000417. The molecule has 84 valence electrons. The summed E-state index contributed by atoms with van der Waals surface area (Å²) in [4.78, 5) is 1.94. The van der Waals surface area contributed by atoms with E-state index >= 15 is 0 Å². The maximum atomic E-state index is 10.1. The molecule has 0 spiro atoms. The summed E-state index contributed by atoms with van der Waals surface area (Å²) in [5, 5.41) is 18.9. The molecule has 0 aliphatic rings. The summed E-state index contributed by atoms with van der Waals surface area (Å²) in [5.41, 5.74) is 0.912. The molecule has 0 aromatic heterocycles. The van der Waals surface area contributed by atoms with Crippen molar-refractivity contribution >= 4 is 0 Å². The number of hydrogen-bond donors (Lipinski definition) is 2. The van der Waals surface area contributed by atoms with Crippen LogP contribution in [0.4, 0.5) is 0 Å². The van der Waals surface area contributed by atoms with Crippen molar-refractivity contribution in [3.63, 3.8) is 0 Å². The molecule has 0 aliphatic heterocycles. The van der Waals surface area contributed by atoms with E-state index in [4.69, 9.17) is 5.11 Å². The van der Waals surface area contributed by atoms with Crippen molar-refractivity contribution in [1.82, 2.24) is 4.90 Å². The van der Waals surface area contributed by atoms with Crippen LogP contribution in [0.25, 0.3) is 0 Å². The molecular weight excluding hydrogens is 190 g/mol. The lowest BCUT2D eigenvalue weighted by molar-refractivity contribution is 0.0632. The summed E-state index contributed by atoms with van der Waals surface area (Å²) >= 11 is 0. The lowest BCUT2D eigenvalue weighted by atomic mass is 10.0. The number of benzene rings is 1. The highest BCUT2D eigenvalue weighted by Crippen LogP contribution is 2.19. The Kier molecular flexibility index (Phi) is 4.75. The molecule has 1 aromatic carbocycles. The first-order valence-corrected chi connectivity index (χ1v) is 5.21. The lowest BCUT2D eigenvalue weighted by Crippen LogP contribution is -2.36. The van der Waals surface area contributed by atoms with E-state index in [2.05, 4.69) is 0 Å². The van der Waals surface area contributed by atoms with Gasteiger partial charge >= 0.3 is 0 Å². The maximum absolute atomic E-state index is 10.1. The molecule has 2 atom stereocenters. The molecule has 1 rings (SSSR count). The van der Waals surface area contributed by atoms with Crippen LogP contribution in [0.1, 0.15) is 18.6 Å². The van der Waals surface area contributed by atoms with Gasteiger partial charge in [-0.3, -0.25) is 4.90 Å². The predicted molar refractivity (Wildman–Crippen MR) is 60.6 cm³/mol. The predicted octanol–water partition coefficient (Wildman–Crippen LogP) is 1.03. The molecule has 1 aromatic rings. The van der Waals surface area contributed by atoms with Crippen LogP contribution in [-0.2, 0) is 0 Å². The van der Waals surface area contributed by atoms with Crippen molar-refractivity contribution in [2.75, 3.05) is 20.2 Å². The zero-order chi connectivity index (χ0) is 11.3. The van der Waals surface area contributed by atoms with Crippen LogP contribution >= 0.6 is 0 Å². The first kappa shape index (κ1) is 12.2. The molecule has 0 heterocycles. The van der Waals surface area contributed by atoms with E-state index in [-0.39, 0.29) is 12.6 Å². The van der Waals surface area contributed by atoms with Crippen LogP contribution in [0, 0.1) is 0 Å². The second-order valence-corrected chi connectivity index (χ2v) is 3.80. The summed E-state index contributed by atoms with van der Waals surface area (Å²) in [7, 11) is 1.90. The van der Waals surface area contributed by atoms with Crippen LogP contribution in [-0.4, -0.2) is 41.4 Å². The number of rotatable bonds is 5. The van der Waals surface area contributed by atoms with E-state index in [1.807, 2.05) is 49.2 Å². The smallest absolute Gasteiger partial charge is 0.0942 e. The number of hydrogen-bond acceptors (Lipinski definition) is 3. The molecule has 15 heavy (non-hydrogen) atoms. The molecule has 0 aliphatic carbocycles. The third kappa shape index (κ3) is 3.30. The van der Waals surface area contributed by atoms with Crippen molar-refractivity contribution in [2.45, 2.75) is 19.1 Å². The summed E-state index contributed by atoms with van der Waals surface area (Å²) in [5.74, 6) is 0. The minimum Gasteiger partial charge on any atom is -0.395 e. The van der Waals surface area contributed by atoms with Crippen LogP contribution in [0.15, 0.2) is 30.3 Å². The van der Waals surface area contributed by atoms with Gasteiger partial charge < -0.3 is 10.2 Å². The third-order valence-corrected chi connectivity index (χ3v) is 2.75. The van der Waals surface area contributed by atoms with Gasteiger partial charge in [-0.15, -0.1) is 0 Å². The molecule has 1 unspecified atom stereocenters. The Morgan fingerprint density at radius 2 is 1.87 bits per heavy atom. The normalized spacial score (nSPS) is 15.3. The average molecular weight is 209 g/mol. The van der Waals surface area contributed by atoms with Crippen LogP contribution in [0.5, 0.6) is 0 Å². The molecule has 0 bridgehead atoms. The monoisotopic (exact) mass is 209 g/mol. The second kappa shape index (κ2) is 5.85. The van der Waals surface area contributed by atoms with Gasteiger partial charge in [-0.1, -0.05) is 30.3 Å². The van der Waals surface area contributed by atoms with Gasteiger partial charge in [0.05, 0.1) is 12.7 Å². The van der Waals surface area contributed by atoms with Gasteiger partial charge in [-0.05, 0) is 19.5 Å². The van der Waals surface area contributed by atoms with Crippen molar-refractivity contribution in [3.05, 3.63) is 35.9 Å². The highest BCUT2D eigenvalue weighted by Gasteiger charge is 2.19. The molecule has 3 nitrogen and oxygen atoms in total. The Labute approximate surface area is 91.0 Å². The van der Waals surface area contributed by atoms with E-state index in [0.717, 1.165) is 5.56 Å². The molecule has 0 fully saturated rings. The lowest BCUT2D eigenvalue weighted by Gasteiger charge is -2.28. The number of nitrogens with zero attached hydrogens (tertiary/aromatic N) is 1. The standard InChI is InChI=1S/C12H19NO2/c1-10(13(2)8-9-14)12(15)11-6-4-3-5-7-11/h3-7,10,12,14-15H,8-9H2,1-2H3/t10?,12-/m1/s1. The van der Waals surface area contributed by atoms with Gasteiger partial charge in [0.1, 0.15) is 0 Å². The molecule has 2 N–H and O–H groups in total. The van der Waals surface area contributed by atoms with Crippen LogP contribution in [0.3, 0.4) is 0 Å². The summed E-state index contributed by atoms with van der Waals surface area (Å²) in [6, 6.07) is 9.58. The molecule has 0 amide bonds. The van der Waals surface area contributed by atoms with Crippen LogP contribution in [0.2, 0.25) is 0 Å². The second-order valence-electron chi connectivity index (χ2n) is 3.80. The number of aliphatic hydroxyl groups is 2. The van der Waals surface area contributed by atoms with Gasteiger partial charge in [0.25, 0.3) is 0 Å². The van der Waals surface area contributed by atoms with Crippen molar-refractivity contribution in [3.8, 4) is 0 Å². The summed E-state index contributed by atoms with van der Waals surface area (Å²) in [6.07, 6.45) is -0.511. The number of likely N-dealkylation sites (N-methyl/N-ethyl adjacent to an activating group) is 1. The Balaban J connectivity index is 2.64. The quantitative estimate of drug-likeness (QED) is 0.761. The van der Waals surface area contributed by atoms with Crippen molar-refractivity contribution in [2.24, 2.45) is 0 Å². The molecule has 0 saturated carbocycles. The Morgan fingerprint density at radius 1 is 1.27 bits per heavy atom. The highest BCUT2D eigenvalue weighted by atomic mass is 16.3. The van der Waals surface area contributed by atoms with Crippen molar-refractivity contribution in [1.29, 1.82) is 0 Å². The third-order valence-electron chi connectivity index (χ3n) is 2.75. The van der Waals surface area contributed by atoms with Gasteiger partial charge in [0, 0.05) is 12.6 Å². The van der Waals surface area contributed by atoms with Gasteiger partial charge in [0.15, 0.2) is 0 Å². The van der Waals surface area contributed by atoms with E-state index in [9.17, 15) is 5.11 Å². The van der Waals surface area contributed by atoms with E-state index in [1.54, 1.807) is 0 Å². The summed E-state index contributed by atoms with van der Waals surface area (Å²) < 4.78 is 0. The Morgan fingerprint density at radius 3 is 2.40 bits per heavy atom. The highest BCUT2D eigenvalue weighted by molar-refractivity contribution is 5.18. The van der Waals surface area contributed by atoms with E-state index in [1.165, 1.54) is 0 Å². The first-order chi connectivity index (χ1) is 7.16. The Bertz CT molecular complexity index is 276. The largest absolute Gasteiger partial charge is 0.395 e. The van der Waals surface area contributed by atoms with E-state index in [0.29, 0.717) is 6.54 Å². The first-order valence-electron chi connectivity index (χ1n) is 5.21. The van der Waals surface area contributed by atoms with E-state index < -0.39 is 6.10 Å². The number of aliphatic hydroxyl groups excluding tert-OH is 2. The topological polar surface area (TPSA) is 43.7 Å². The minimum atomic E-state index is -0.511. The van der Waals surface area contributed by atoms with Crippen LogP contribution < -0.4 is 0 Å².